The molecule has 116 valence electrons. The normalized spacial score (nSPS) is 19.9. The van der Waals surface area contributed by atoms with E-state index in [9.17, 15) is 0 Å². The minimum Gasteiger partial charge on any atom is -0.493 e. The van der Waals surface area contributed by atoms with Crippen LogP contribution in [0.15, 0.2) is 12.1 Å². The summed E-state index contributed by atoms with van der Waals surface area (Å²) >= 11 is 0. The summed E-state index contributed by atoms with van der Waals surface area (Å²) < 4.78 is 18.1. The lowest BCUT2D eigenvalue weighted by Crippen LogP contribution is -2.41. The van der Waals surface area contributed by atoms with E-state index in [2.05, 4.69) is 53.7 Å². The van der Waals surface area contributed by atoms with E-state index in [1.165, 1.54) is 5.56 Å². The topological polar surface area (TPSA) is 27.7 Å². The Balaban J connectivity index is 2.36. The molecule has 3 nitrogen and oxygen atoms in total. The molecule has 0 N–H and O–H groups in total. The Morgan fingerprint density at radius 2 is 1.62 bits per heavy atom. The molecule has 0 spiro atoms. The number of hydrogen-bond donors (Lipinski definition) is 0. The van der Waals surface area contributed by atoms with Gasteiger partial charge in [0.1, 0.15) is 5.75 Å². The molecule has 0 saturated carbocycles. The van der Waals surface area contributed by atoms with Gasteiger partial charge in [0, 0.05) is 0 Å². The van der Waals surface area contributed by atoms with Gasteiger partial charge in [-0.1, -0.05) is 19.1 Å². The number of hydrogen-bond acceptors (Lipinski definition) is 3. The van der Waals surface area contributed by atoms with Gasteiger partial charge in [-0.2, -0.15) is 0 Å². The molecule has 0 bridgehead atoms. The van der Waals surface area contributed by atoms with E-state index in [4.69, 9.17) is 14.0 Å². The molecule has 4 heteroatoms. The summed E-state index contributed by atoms with van der Waals surface area (Å²) in [6.45, 7) is 15.2. The van der Waals surface area contributed by atoms with Crippen molar-refractivity contribution >= 4 is 12.6 Å². The molecule has 1 aliphatic rings. The Bertz CT molecular complexity index is 507. The highest BCUT2D eigenvalue weighted by atomic mass is 16.7. The molecule has 0 aliphatic carbocycles. The van der Waals surface area contributed by atoms with E-state index >= 15 is 0 Å². The Kier molecular flexibility index (Phi) is 4.41. The van der Waals surface area contributed by atoms with Gasteiger partial charge in [-0.05, 0) is 64.6 Å². The van der Waals surface area contributed by atoms with Crippen LogP contribution in [0.4, 0.5) is 0 Å². The van der Waals surface area contributed by atoms with Crippen LogP contribution in [-0.4, -0.2) is 24.9 Å². The van der Waals surface area contributed by atoms with Gasteiger partial charge in [0.15, 0.2) is 0 Å². The third-order valence-electron chi connectivity index (χ3n) is 4.57. The van der Waals surface area contributed by atoms with Crippen LogP contribution in [0.25, 0.3) is 0 Å². The van der Waals surface area contributed by atoms with E-state index < -0.39 is 0 Å². The predicted molar refractivity (Wildman–Crippen MR) is 87.4 cm³/mol. The third kappa shape index (κ3) is 2.97. The summed E-state index contributed by atoms with van der Waals surface area (Å²) in [4.78, 5) is 0. The smallest absolute Gasteiger partial charge is 0.493 e. The summed E-state index contributed by atoms with van der Waals surface area (Å²) in [5, 5.41) is 0. The van der Waals surface area contributed by atoms with Crippen LogP contribution >= 0.6 is 0 Å². The van der Waals surface area contributed by atoms with Gasteiger partial charge < -0.3 is 14.0 Å². The average molecular weight is 290 g/mol. The van der Waals surface area contributed by atoms with Crippen LogP contribution in [0, 0.1) is 6.92 Å². The van der Waals surface area contributed by atoms with Gasteiger partial charge in [-0.3, -0.25) is 0 Å². The molecule has 1 saturated heterocycles. The first kappa shape index (κ1) is 16.4. The van der Waals surface area contributed by atoms with Crippen LogP contribution in [0.1, 0.15) is 52.7 Å². The van der Waals surface area contributed by atoms with Gasteiger partial charge in [-0.25, -0.2) is 0 Å². The monoisotopic (exact) mass is 290 g/mol. The third-order valence-corrected chi connectivity index (χ3v) is 4.57. The standard InChI is InChI=1S/C17H27BO3/c1-8-13-11-14(10-12(3)15(13)19-9-2)18-20-16(4,5)17(6,7)21-18/h10-11H,8-9H2,1-7H3. The van der Waals surface area contributed by atoms with Crippen molar-refractivity contribution in [1.29, 1.82) is 0 Å². The Hall–Kier alpha value is -0.995. The number of rotatable bonds is 4. The lowest BCUT2D eigenvalue weighted by Gasteiger charge is -2.32. The zero-order chi connectivity index (χ0) is 15.8. The van der Waals surface area contributed by atoms with Crippen molar-refractivity contribution in [1.82, 2.24) is 0 Å². The Labute approximate surface area is 129 Å². The average Bonchev–Trinajstić information content (AvgIpc) is 2.61. The van der Waals surface area contributed by atoms with Crippen LogP contribution in [0.3, 0.4) is 0 Å². The van der Waals surface area contributed by atoms with E-state index in [0.717, 1.165) is 23.2 Å². The molecule has 2 rings (SSSR count). The molecule has 0 unspecified atom stereocenters. The Morgan fingerprint density at radius 1 is 1.05 bits per heavy atom. The lowest BCUT2D eigenvalue weighted by atomic mass is 9.77. The fourth-order valence-corrected chi connectivity index (χ4v) is 2.61. The van der Waals surface area contributed by atoms with Crippen molar-refractivity contribution in [2.75, 3.05) is 6.61 Å². The van der Waals surface area contributed by atoms with Gasteiger partial charge in [-0.15, -0.1) is 0 Å². The SMILES string of the molecule is CCOc1c(C)cc(B2OC(C)(C)C(C)(C)O2)cc1CC. The molecule has 1 fully saturated rings. The number of benzene rings is 1. The molecule has 0 aromatic heterocycles. The zero-order valence-corrected chi connectivity index (χ0v) is 14.4. The lowest BCUT2D eigenvalue weighted by molar-refractivity contribution is 0.00578. The highest BCUT2D eigenvalue weighted by Gasteiger charge is 2.51. The number of ether oxygens (including phenoxy) is 1. The van der Waals surface area contributed by atoms with Crippen molar-refractivity contribution in [3.05, 3.63) is 23.3 Å². The first-order valence-electron chi connectivity index (χ1n) is 7.83. The highest BCUT2D eigenvalue weighted by molar-refractivity contribution is 6.62. The maximum absolute atomic E-state index is 6.14. The van der Waals surface area contributed by atoms with Gasteiger partial charge >= 0.3 is 7.12 Å². The van der Waals surface area contributed by atoms with E-state index in [1.807, 2.05) is 6.92 Å². The van der Waals surface area contributed by atoms with Gasteiger partial charge in [0.05, 0.1) is 17.8 Å². The second-order valence-electron chi connectivity index (χ2n) is 6.70. The van der Waals surface area contributed by atoms with Crippen LogP contribution in [0.2, 0.25) is 0 Å². The second-order valence-corrected chi connectivity index (χ2v) is 6.70. The van der Waals surface area contributed by atoms with Crippen molar-refractivity contribution in [3.63, 3.8) is 0 Å². The van der Waals surface area contributed by atoms with Crippen molar-refractivity contribution in [2.24, 2.45) is 0 Å². The van der Waals surface area contributed by atoms with Crippen LogP contribution in [0.5, 0.6) is 5.75 Å². The van der Waals surface area contributed by atoms with Gasteiger partial charge in [0.2, 0.25) is 0 Å². The van der Waals surface area contributed by atoms with E-state index in [-0.39, 0.29) is 18.3 Å². The second kappa shape index (κ2) is 5.66. The van der Waals surface area contributed by atoms with Crippen LogP contribution < -0.4 is 10.2 Å². The molecule has 1 aliphatic heterocycles. The van der Waals surface area contributed by atoms with Crippen molar-refractivity contribution < 1.29 is 14.0 Å². The quantitative estimate of drug-likeness (QED) is 0.797. The molecule has 1 aromatic carbocycles. The minimum absolute atomic E-state index is 0.309. The fourth-order valence-electron chi connectivity index (χ4n) is 2.61. The largest absolute Gasteiger partial charge is 0.494 e. The maximum atomic E-state index is 6.14. The Morgan fingerprint density at radius 3 is 2.10 bits per heavy atom. The highest BCUT2D eigenvalue weighted by Crippen LogP contribution is 2.37. The summed E-state index contributed by atoms with van der Waals surface area (Å²) in [6, 6.07) is 4.27. The molecular weight excluding hydrogens is 263 g/mol. The van der Waals surface area contributed by atoms with Gasteiger partial charge in [0.25, 0.3) is 0 Å². The first-order valence-corrected chi connectivity index (χ1v) is 7.83. The summed E-state index contributed by atoms with van der Waals surface area (Å²) in [5.41, 5.74) is 2.81. The molecule has 0 radical (unpaired) electrons. The molecule has 0 amide bonds. The van der Waals surface area contributed by atoms with Crippen molar-refractivity contribution in [3.8, 4) is 5.75 Å². The van der Waals surface area contributed by atoms with Crippen molar-refractivity contribution in [2.45, 2.75) is 66.1 Å². The molecule has 1 aromatic rings. The molecule has 21 heavy (non-hydrogen) atoms. The van der Waals surface area contributed by atoms with Crippen LogP contribution in [-0.2, 0) is 15.7 Å². The molecular formula is C17H27BO3. The first-order chi connectivity index (χ1) is 9.71. The minimum atomic E-state index is -0.310. The maximum Gasteiger partial charge on any atom is 0.494 e. The predicted octanol–water partition coefficient (Wildman–Crippen LogP) is 3.26. The number of aryl methyl sites for hydroxylation is 2. The van der Waals surface area contributed by atoms with E-state index in [1.54, 1.807) is 0 Å². The summed E-state index contributed by atoms with van der Waals surface area (Å²) in [5.74, 6) is 1.00. The molecule has 0 atom stereocenters. The summed E-state index contributed by atoms with van der Waals surface area (Å²) in [7, 11) is -0.310. The zero-order valence-electron chi connectivity index (χ0n) is 14.4. The summed E-state index contributed by atoms with van der Waals surface area (Å²) in [6.07, 6.45) is 0.934. The molecule has 1 heterocycles. The fraction of sp³-hybridized carbons (Fsp3) is 0.647. The van der Waals surface area contributed by atoms with E-state index in [0.29, 0.717) is 6.61 Å².